The SMILES string of the molecule is CCN(CC)CCNC(=O)c1ccc(C)c(C#Cc2cc(NC)nc3ccccc23)c1. The Morgan fingerprint density at radius 1 is 1.03 bits per heavy atom. The highest BCUT2D eigenvalue weighted by Crippen LogP contribution is 2.20. The number of fused-ring (bicyclic) bond motifs is 1. The Morgan fingerprint density at radius 2 is 1.77 bits per heavy atom. The van der Waals surface area contributed by atoms with Crippen molar-refractivity contribution in [1.82, 2.24) is 15.2 Å². The third-order valence-corrected chi connectivity index (χ3v) is 5.41. The molecular formula is C26H30N4O. The molecule has 2 aromatic carbocycles. The zero-order valence-electron chi connectivity index (χ0n) is 18.7. The van der Waals surface area contributed by atoms with Crippen molar-refractivity contribution in [2.24, 2.45) is 0 Å². The number of hydrogen-bond donors (Lipinski definition) is 2. The molecule has 0 aliphatic rings. The summed E-state index contributed by atoms with van der Waals surface area (Å²) < 4.78 is 0. The van der Waals surface area contributed by atoms with E-state index in [1.807, 2.05) is 62.5 Å². The molecule has 0 radical (unpaired) electrons. The average molecular weight is 415 g/mol. The molecule has 1 heterocycles. The molecular weight excluding hydrogens is 384 g/mol. The van der Waals surface area contributed by atoms with Crippen LogP contribution in [0.15, 0.2) is 48.5 Å². The number of hydrogen-bond acceptors (Lipinski definition) is 4. The predicted molar refractivity (Wildman–Crippen MR) is 129 cm³/mol. The second kappa shape index (κ2) is 10.6. The zero-order chi connectivity index (χ0) is 22.2. The number of rotatable bonds is 7. The number of pyridine rings is 1. The first kappa shape index (κ1) is 22.3. The van der Waals surface area contributed by atoms with E-state index in [0.717, 1.165) is 53.0 Å². The van der Waals surface area contributed by atoms with Crippen LogP contribution in [-0.2, 0) is 0 Å². The van der Waals surface area contributed by atoms with Crippen molar-refractivity contribution in [1.29, 1.82) is 0 Å². The summed E-state index contributed by atoms with van der Waals surface area (Å²) in [6.45, 7) is 9.70. The highest BCUT2D eigenvalue weighted by Gasteiger charge is 2.08. The summed E-state index contributed by atoms with van der Waals surface area (Å²) >= 11 is 0. The molecule has 0 saturated heterocycles. The van der Waals surface area contributed by atoms with Gasteiger partial charge in [-0.3, -0.25) is 4.79 Å². The van der Waals surface area contributed by atoms with Crippen LogP contribution in [0.2, 0.25) is 0 Å². The molecule has 1 aromatic heterocycles. The number of amides is 1. The lowest BCUT2D eigenvalue weighted by molar-refractivity contribution is 0.0949. The maximum Gasteiger partial charge on any atom is 0.251 e. The Morgan fingerprint density at radius 3 is 2.52 bits per heavy atom. The molecule has 3 rings (SSSR count). The molecule has 0 atom stereocenters. The molecule has 31 heavy (non-hydrogen) atoms. The largest absolute Gasteiger partial charge is 0.373 e. The molecule has 1 amide bonds. The predicted octanol–water partition coefficient (Wildman–Crippen LogP) is 4.06. The van der Waals surface area contributed by atoms with Crippen LogP contribution in [0.25, 0.3) is 10.9 Å². The fourth-order valence-corrected chi connectivity index (χ4v) is 3.41. The van der Waals surface area contributed by atoms with E-state index >= 15 is 0 Å². The number of carbonyl (C=O) groups excluding carboxylic acids is 1. The van der Waals surface area contributed by atoms with E-state index in [1.165, 1.54) is 0 Å². The zero-order valence-corrected chi connectivity index (χ0v) is 18.7. The van der Waals surface area contributed by atoms with Crippen molar-refractivity contribution in [3.8, 4) is 11.8 Å². The average Bonchev–Trinajstić information content (AvgIpc) is 2.80. The molecule has 0 saturated carbocycles. The summed E-state index contributed by atoms with van der Waals surface area (Å²) in [5, 5.41) is 7.12. The van der Waals surface area contributed by atoms with Crippen molar-refractivity contribution < 1.29 is 4.79 Å². The Labute approximate surface area is 184 Å². The summed E-state index contributed by atoms with van der Waals surface area (Å²) in [4.78, 5) is 19.5. The maximum atomic E-state index is 12.6. The fourth-order valence-electron chi connectivity index (χ4n) is 3.41. The van der Waals surface area contributed by atoms with Crippen molar-refractivity contribution in [2.75, 3.05) is 38.5 Å². The summed E-state index contributed by atoms with van der Waals surface area (Å²) in [7, 11) is 1.85. The molecule has 5 nitrogen and oxygen atoms in total. The van der Waals surface area contributed by atoms with Gasteiger partial charge in [0.05, 0.1) is 5.52 Å². The third-order valence-electron chi connectivity index (χ3n) is 5.41. The van der Waals surface area contributed by atoms with Crippen LogP contribution in [0.3, 0.4) is 0 Å². The Hall–Kier alpha value is -3.36. The highest BCUT2D eigenvalue weighted by molar-refractivity contribution is 5.94. The molecule has 0 fully saturated rings. The standard InChI is InChI=1S/C26H30N4O/c1-5-30(6-2)16-15-28-26(31)22-12-11-19(3)20(17-22)13-14-21-18-25(27-4)29-24-10-8-7-9-23(21)24/h7-12,17-18H,5-6,15-16H2,1-4H3,(H,27,29)(H,28,31). The smallest absolute Gasteiger partial charge is 0.251 e. The first-order chi connectivity index (χ1) is 15.0. The van der Waals surface area contributed by atoms with E-state index in [4.69, 9.17) is 0 Å². The highest BCUT2D eigenvalue weighted by atomic mass is 16.1. The lowest BCUT2D eigenvalue weighted by atomic mass is 10.0. The third kappa shape index (κ3) is 5.62. The van der Waals surface area contributed by atoms with Crippen LogP contribution in [0.1, 0.15) is 40.9 Å². The number of nitrogens with one attached hydrogen (secondary N) is 2. The van der Waals surface area contributed by atoms with Gasteiger partial charge in [0.15, 0.2) is 0 Å². The van der Waals surface area contributed by atoms with Gasteiger partial charge in [-0.1, -0.05) is 50.0 Å². The minimum atomic E-state index is -0.0676. The molecule has 0 aliphatic carbocycles. The second-order valence-corrected chi connectivity index (χ2v) is 7.38. The number of aryl methyl sites for hydroxylation is 1. The van der Waals surface area contributed by atoms with Gasteiger partial charge >= 0.3 is 0 Å². The molecule has 160 valence electrons. The van der Waals surface area contributed by atoms with Crippen LogP contribution in [0, 0.1) is 18.8 Å². The number of aromatic nitrogens is 1. The number of benzene rings is 2. The van der Waals surface area contributed by atoms with Gasteiger partial charge in [0, 0.05) is 42.2 Å². The van der Waals surface area contributed by atoms with Crippen molar-refractivity contribution in [2.45, 2.75) is 20.8 Å². The summed E-state index contributed by atoms with van der Waals surface area (Å²) in [6, 6.07) is 15.6. The van der Waals surface area contributed by atoms with Gasteiger partial charge in [0.25, 0.3) is 5.91 Å². The molecule has 5 heteroatoms. The lowest BCUT2D eigenvalue weighted by Gasteiger charge is -2.18. The number of likely N-dealkylation sites (N-methyl/N-ethyl adjacent to an activating group) is 1. The normalized spacial score (nSPS) is 10.6. The maximum absolute atomic E-state index is 12.6. The number of anilines is 1. The fraction of sp³-hybridized carbons (Fsp3) is 0.308. The van der Waals surface area contributed by atoms with Crippen molar-refractivity contribution in [3.05, 3.63) is 70.8 Å². The van der Waals surface area contributed by atoms with Crippen molar-refractivity contribution >= 4 is 22.6 Å². The van der Waals surface area contributed by atoms with E-state index in [2.05, 4.69) is 46.2 Å². The van der Waals surface area contributed by atoms with Gasteiger partial charge in [-0.05, 0) is 49.8 Å². The number of nitrogens with zero attached hydrogens (tertiary/aromatic N) is 2. The van der Waals surface area contributed by atoms with Crippen LogP contribution in [0.5, 0.6) is 0 Å². The summed E-state index contributed by atoms with van der Waals surface area (Å²) in [5.74, 6) is 7.27. The summed E-state index contributed by atoms with van der Waals surface area (Å²) in [6.07, 6.45) is 0. The van der Waals surface area contributed by atoms with Crippen LogP contribution >= 0.6 is 0 Å². The van der Waals surface area contributed by atoms with Gasteiger partial charge in [-0.15, -0.1) is 0 Å². The van der Waals surface area contributed by atoms with Crippen LogP contribution < -0.4 is 10.6 Å². The first-order valence-corrected chi connectivity index (χ1v) is 10.8. The lowest BCUT2D eigenvalue weighted by Crippen LogP contribution is -2.34. The van der Waals surface area contributed by atoms with E-state index in [-0.39, 0.29) is 5.91 Å². The minimum absolute atomic E-state index is 0.0676. The van der Waals surface area contributed by atoms with Gasteiger partial charge in [-0.2, -0.15) is 0 Å². The number of carbonyl (C=O) groups is 1. The topological polar surface area (TPSA) is 57.3 Å². The van der Waals surface area contributed by atoms with Gasteiger partial charge in [0.2, 0.25) is 0 Å². The Balaban J connectivity index is 1.84. The van der Waals surface area contributed by atoms with Gasteiger partial charge in [-0.25, -0.2) is 4.98 Å². The Kier molecular flexibility index (Phi) is 7.64. The molecule has 2 N–H and O–H groups in total. The molecule has 0 bridgehead atoms. The summed E-state index contributed by atoms with van der Waals surface area (Å²) in [5.41, 5.74) is 4.33. The quantitative estimate of drug-likeness (QED) is 0.573. The van der Waals surface area contributed by atoms with Gasteiger partial charge in [0.1, 0.15) is 5.82 Å². The van der Waals surface area contributed by atoms with Crippen molar-refractivity contribution in [3.63, 3.8) is 0 Å². The Bertz CT molecular complexity index is 1120. The second-order valence-electron chi connectivity index (χ2n) is 7.38. The van der Waals surface area contributed by atoms with Gasteiger partial charge < -0.3 is 15.5 Å². The molecule has 3 aromatic rings. The molecule has 0 unspecified atom stereocenters. The molecule has 0 aliphatic heterocycles. The first-order valence-electron chi connectivity index (χ1n) is 10.8. The van der Waals surface area contributed by atoms with Crippen LogP contribution in [0.4, 0.5) is 5.82 Å². The van der Waals surface area contributed by atoms with E-state index in [0.29, 0.717) is 12.1 Å². The van der Waals surface area contributed by atoms with E-state index in [1.54, 1.807) is 0 Å². The van der Waals surface area contributed by atoms with Crippen LogP contribution in [-0.4, -0.2) is 49.0 Å². The monoisotopic (exact) mass is 414 g/mol. The number of para-hydroxylation sites is 1. The van der Waals surface area contributed by atoms with E-state index < -0.39 is 0 Å². The molecule has 0 spiro atoms. The van der Waals surface area contributed by atoms with E-state index in [9.17, 15) is 4.79 Å². The minimum Gasteiger partial charge on any atom is -0.373 e.